The third-order valence-corrected chi connectivity index (χ3v) is 4.22. The number of aryl methyl sites for hydroxylation is 2. The first-order valence-electron chi connectivity index (χ1n) is 7.40. The van der Waals surface area contributed by atoms with Crippen LogP contribution in [0.4, 0.5) is 0 Å². The number of rotatable bonds is 6. The number of hydrogen-bond donors (Lipinski definition) is 1. The molecule has 22 heavy (non-hydrogen) atoms. The summed E-state index contributed by atoms with van der Waals surface area (Å²) in [5, 5.41) is 7.94. The Balaban J connectivity index is 2.08. The summed E-state index contributed by atoms with van der Waals surface area (Å²) in [6.07, 6.45) is 5.42. The molecule has 2 heterocycles. The quantitative estimate of drug-likeness (QED) is 0.888. The first kappa shape index (κ1) is 16.5. The van der Waals surface area contributed by atoms with Crippen molar-refractivity contribution in [2.45, 2.75) is 46.2 Å². The predicted octanol–water partition coefficient (Wildman–Crippen LogP) is 2.54. The van der Waals surface area contributed by atoms with E-state index in [1.807, 2.05) is 31.7 Å². The second-order valence-electron chi connectivity index (χ2n) is 5.45. The van der Waals surface area contributed by atoms with E-state index < -0.39 is 0 Å². The molecule has 2 aromatic heterocycles. The van der Waals surface area contributed by atoms with Gasteiger partial charge in [-0.3, -0.25) is 9.48 Å². The number of nitrogens with one attached hydrogen (secondary N) is 1. The topological polar surface area (TPSA) is 64.7 Å². The Kier molecular flexibility index (Phi) is 5.24. The fourth-order valence-electron chi connectivity index (χ4n) is 2.47. The Morgan fingerprint density at radius 3 is 2.68 bits per heavy atom. The molecule has 0 spiro atoms. The molecule has 0 aromatic carbocycles. The maximum atomic E-state index is 12.3. The molecule has 0 aliphatic carbocycles. The number of nitrogens with zero attached hydrogens (tertiary/aromatic N) is 4. The van der Waals surface area contributed by atoms with E-state index in [1.165, 1.54) is 0 Å². The first-order valence-corrected chi connectivity index (χ1v) is 7.77. The van der Waals surface area contributed by atoms with Gasteiger partial charge in [-0.25, -0.2) is 4.98 Å². The molecule has 2 rings (SSSR count). The number of halogens is 1. The summed E-state index contributed by atoms with van der Waals surface area (Å²) in [5.41, 5.74) is 1.54. The van der Waals surface area contributed by atoms with E-state index in [4.69, 9.17) is 11.6 Å². The lowest BCUT2D eigenvalue weighted by atomic mass is 10.1. The summed E-state index contributed by atoms with van der Waals surface area (Å²) in [6.45, 7) is 5.93. The Labute approximate surface area is 135 Å². The summed E-state index contributed by atoms with van der Waals surface area (Å²) >= 11 is 6.11. The van der Waals surface area contributed by atoms with Gasteiger partial charge in [0.05, 0.1) is 22.5 Å². The van der Waals surface area contributed by atoms with E-state index in [0.717, 1.165) is 30.1 Å². The maximum absolute atomic E-state index is 12.3. The van der Waals surface area contributed by atoms with Crippen molar-refractivity contribution < 1.29 is 4.79 Å². The second kappa shape index (κ2) is 6.96. The fraction of sp³-hybridized carbons (Fsp3) is 0.533. The second-order valence-corrected chi connectivity index (χ2v) is 5.83. The third-order valence-electron chi connectivity index (χ3n) is 3.67. The zero-order valence-corrected chi connectivity index (χ0v) is 14.2. The molecule has 0 fully saturated rings. The van der Waals surface area contributed by atoms with Crippen molar-refractivity contribution in [1.29, 1.82) is 0 Å². The first-order chi connectivity index (χ1) is 10.4. The van der Waals surface area contributed by atoms with Crippen LogP contribution in [0.3, 0.4) is 0 Å². The zero-order valence-electron chi connectivity index (χ0n) is 13.4. The van der Waals surface area contributed by atoms with Crippen molar-refractivity contribution in [1.82, 2.24) is 24.6 Å². The number of carbonyl (C=O) groups is 1. The van der Waals surface area contributed by atoms with Crippen molar-refractivity contribution in [3.05, 3.63) is 34.6 Å². The SMILES string of the molecule is CCC[C@@H](NC(=O)Cn1nc(C)c(Cl)c1C)c1nccn1C. The molecule has 0 unspecified atom stereocenters. The van der Waals surface area contributed by atoms with Crippen LogP contribution in [0.15, 0.2) is 12.4 Å². The minimum Gasteiger partial charge on any atom is -0.345 e. The van der Waals surface area contributed by atoms with E-state index in [2.05, 4.69) is 22.3 Å². The Morgan fingerprint density at radius 2 is 2.18 bits per heavy atom. The van der Waals surface area contributed by atoms with E-state index >= 15 is 0 Å². The van der Waals surface area contributed by atoms with Gasteiger partial charge in [-0.15, -0.1) is 0 Å². The fourth-order valence-corrected chi connectivity index (χ4v) is 2.61. The van der Waals surface area contributed by atoms with Crippen LogP contribution in [0.25, 0.3) is 0 Å². The van der Waals surface area contributed by atoms with Crippen molar-refractivity contribution in [2.75, 3.05) is 0 Å². The Hall–Kier alpha value is -1.82. The molecule has 1 atom stereocenters. The molecular weight excluding hydrogens is 302 g/mol. The molecule has 6 nitrogen and oxygen atoms in total. The Bertz CT molecular complexity index is 661. The van der Waals surface area contributed by atoms with Crippen LogP contribution in [-0.2, 0) is 18.4 Å². The molecule has 0 saturated heterocycles. The van der Waals surface area contributed by atoms with Crippen LogP contribution in [0.2, 0.25) is 5.02 Å². The average Bonchev–Trinajstić information content (AvgIpc) is 2.99. The van der Waals surface area contributed by atoms with Crippen LogP contribution in [0, 0.1) is 13.8 Å². The van der Waals surface area contributed by atoms with Gasteiger partial charge in [-0.1, -0.05) is 24.9 Å². The van der Waals surface area contributed by atoms with Crippen molar-refractivity contribution in [3.63, 3.8) is 0 Å². The van der Waals surface area contributed by atoms with Crippen molar-refractivity contribution in [3.8, 4) is 0 Å². The number of hydrogen-bond acceptors (Lipinski definition) is 3. The maximum Gasteiger partial charge on any atom is 0.242 e. The highest BCUT2D eigenvalue weighted by Crippen LogP contribution is 2.19. The molecular formula is C15H22ClN5O. The van der Waals surface area contributed by atoms with Crippen LogP contribution >= 0.6 is 11.6 Å². The van der Waals surface area contributed by atoms with Gasteiger partial charge in [0.25, 0.3) is 0 Å². The summed E-state index contributed by atoms with van der Waals surface area (Å²) in [7, 11) is 1.93. The van der Waals surface area contributed by atoms with E-state index in [1.54, 1.807) is 10.9 Å². The molecule has 1 N–H and O–H groups in total. The highest BCUT2D eigenvalue weighted by Gasteiger charge is 2.19. The summed E-state index contributed by atoms with van der Waals surface area (Å²) in [4.78, 5) is 16.7. The predicted molar refractivity (Wildman–Crippen MR) is 85.7 cm³/mol. The Morgan fingerprint density at radius 1 is 1.45 bits per heavy atom. The number of carbonyl (C=O) groups excluding carboxylic acids is 1. The largest absolute Gasteiger partial charge is 0.345 e. The molecule has 0 aliphatic heterocycles. The van der Waals surface area contributed by atoms with Gasteiger partial charge in [0.1, 0.15) is 12.4 Å². The monoisotopic (exact) mass is 323 g/mol. The van der Waals surface area contributed by atoms with Gasteiger partial charge in [0.2, 0.25) is 5.91 Å². The van der Waals surface area contributed by atoms with Crippen LogP contribution in [0.1, 0.15) is 43.0 Å². The molecule has 0 aliphatic rings. The average molecular weight is 324 g/mol. The molecule has 1 amide bonds. The highest BCUT2D eigenvalue weighted by atomic mass is 35.5. The summed E-state index contributed by atoms with van der Waals surface area (Å²) in [6, 6.07) is -0.0927. The molecule has 0 bridgehead atoms. The van der Waals surface area contributed by atoms with Gasteiger partial charge >= 0.3 is 0 Å². The number of aromatic nitrogens is 4. The molecule has 0 saturated carbocycles. The molecule has 120 valence electrons. The van der Waals surface area contributed by atoms with Gasteiger partial charge in [0.15, 0.2) is 0 Å². The normalized spacial score (nSPS) is 12.4. The van der Waals surface area contributed by atoms with E-state index in [-0.39, 0.29) is 18.5 Å². The van der Waals surface area contributed by atoms with E-state index in [0.29, 0.717) is 5.02 Å². The highest BCUT2D eigenvalue weighted by molar-refractivity contribution is 6.31. The lowest BCUT2D eigenvalue weighted by molar-refractivity contribution is -0.122. The minimum atomic E-state index is -0.0938. The van der Waals surface area contributed by atoms with Crippen LogP contribution in [0.5, 0.6) is 0 Å². The van der Waals surface area contributed by atoms with Gasteiger partial charge < -0.3 is 9.88 Å². The van der Waals surface area contributed by atoms with Crippen LogP contribution < -0.4 is 5.32 Å². The standard InChI is InChI=1S/C15H22ClN5O/c1-5-6-12(15-17-7-8-20(15)4)18-13(22)9-21-11(3)14(16)10(2)19-21/h7-8,12H,5-6,9H2,1-4H3,(H,18,22)/t12-/m1/s1. The van der Waals surface area contributed by atoms with Crippen molar-refractivity contribution >= 4 is 17.5 Å². The molecule has 0 radical (unpaired) electrons. The smallest absolute Gasteiger partial charge is 0.242 e. The molecule has 2 aromatic rings. The summed E-state index contributed by atoms with van der Waals surface area (Å²) in [5.74, 6) is 0.769. The molecule has 7 heteroatoms. The van der Waals surface area contributed by atoms with E-state index in [9.17, 15) is 4.79 Å². The van der Waals surface area contributed by atoms with Crippen LogP contribution in [-0.4, -0.2) is 25.2 Å². The minimum absolute atomic E-state index is 0.0927. The van der Waals surface area contributed by atoms with Gasteiger partial charge in [-0.2, -0.15) is 5.10 Å². The zero-order chi connectivity index (χ0) is 16.3. The third kappa shape index (κ3) is 3.50. The van der Waals surface area contributed by atoms with Crippen molar-refractivity contribution in [2.24, 2.45) is 7.05 Å². The summed E-state index contributed by atoms with van der Waals surface area (Å²) < 4.78 is 3.56. The lowest BCUT2D eigenvalue weighted by Crippen LogP contribution is -2.33. The number of imidazole rings is 1. The van der Waals surface area contributed by atoms with Gasteiger partial charge in [-0.05, 0) is 20.3 Å². The lowest BCUT2D eigenvalue weighted by Gasteiger charge is -2.18. The number of amides is 1. The van der Waals surface area contributed by atoms with Gasteiger partial charge in [0, 0.05) is 19.4 Å².